The van der Waals surface area contributed by atoms with Crippen molar-refractivity contribution in [1.82, 2.24) is 9.97 Å². The third-order valence-corrected chi connectivity index (χ3v) is 7.47. The van der Waals surface area contributed by atoms with Gasteiger partial charge >= 0.3 is 0 Å². The Morgan fingerprint density at radius 3 is 2.78 bits per heavy atom. The van der Waals surface area contributed by atoms with Crippen LogP contribution in [0.3, 0.4) is 0 Å². The van der Waals surface area contributed by atoms with Crippen LogP contribution >= 0.6 is 11.3 Å². The van der Waals surface area contributed by atoms with E-state index in [1.54, 1.807) is 6.92 Å². The molecule has 1 saturated carbocycles. The summed E-state index contributed by atoms with van der Waals surface area (Å²) in [5.41, 5.74) is 5.70. The quantitative estimate of drug-likeness (QED) is 0.350. The largest absolute Gasteiger partial charge is 0.435 e. The topological polar surface area (TPSA) is 88.3 Å². The van der Waals surface area contributed by atoms with Crippen LogP contribution in [-0.4, -0.2) is 28.3 Å². The van der Waals surface area contributed by atoms with Gasteiger partial charge in [-0.3, -0.25) is 14.9 Å². The number of benzene rings is 2. The van der Waals surface area contributed by atoms with Gasteiger partial charge in [-0.15, -0.1) is 11.3 Å². The summed E-state index contributed by atoms with van der Waals surface area (Å²) in [5.74, 6) is 1.10. The Bertz CT molecular complexity index is 1440. The normalized spacial score (nSPS) is 15.1. The fraction of sp³-hybridized carbons (Fsp3) is 0.286. The molecule has 2 aliphatic rings. The van der Waals surface area contributed by atoms with Crippen LogP contribution in [0.5, 0.6) is 0 Å². The third-order valence-electron chi connectivity index (χ3n) is 6.71. The van der Waals surface area contributed by atoms with Gasteiger partial charge in [0.05, 0.1) is 11.4 Å². The van der Waals surface area contributed by atoms with E-state index >= 15 is 0 Å². The number of amides is 2. The van der Waals surface area contributed by atoms with Gasteiger partial charge in [0.1, 0.15) is 0 Å². The number of hydrogen-bond acceptors (Lipinski definition) is 6. The van der Waals surface area contributed by atoms with Crippen LogP contribution in [0, 0.1) is 6.92 Å². The van der Waals surface area contributed by atoms with E-state index < -0.39 is 0 Å². The van der Waals surface area contributed by atoms with Crippen molar-refractivity contribution in [2.45, 2.75) is 44.9 Å². The number of carbonyl (C=O) groups excluding carboxylic acids is 2. The van der Waals surface area contributed by atoms with Crippen LogP contribution in [0.25, 0.3) is 11.3 Å². The monoisotopic (exact) mass is 498 g/mol. The summed E-state index contributed by atoms with van der Waals surface area (Å²) in [6, 6.07) is 16.4. The molecule has 1 aliphatic heterocycles. The van der Waals surface area contributed by atoms with Crippen molar-refractivity contribution in [2.24, 2.45) is 0 Å². The number of fused-ring (bicyclic) bond motifs is 1. The summed E-state index contributed by atoms with van der Waals surface area (Å²) in [5, 5.41) is 5.29. The maximum Gasteiger partial charge on any atom is 0.295 e. The number of nitrogens with one attached hydrogen (secondary N) is 1. The highest BCUT2D eigenvalue weighted by molar-refractivity contribution is 7.14. The molecule has 0 saturated heterocycles. The lowest BCUT2D eigenvalue weighted by Gasteiger charge is -2.30. The summed E-state index contributed by atoms with van der Waals surface area (Å²) in [6.07, 6.45) is 4.16. The summed E-state index contributed by atoms with van der Waals surface area (Å²) in [4.78, 5) is 36.4. The molecule has 1 fully saturated rings. The molecule has 4 aromatic rings. The van der Waals surface area contributed by atoms with Crippen LogP contribution in [0.1, 0.15) is 58.4 Å². The molecule has 182 valence electrons. The zero-order chi connectivity index (χ0) is 24.6. The predicted octanol–water partition coefficient (Wildman–Crippen LogP) is 5.76. The van der Waals surface area contributed by atoms with Gasteiger partial charge in [0.2, 0.25) is 11.7 Å². The Labute approximate surface area is 213 Å². The molecule has 0 radical (unpaired) electrons. The predicted molar refractivity (Wildman–Crippen MR) is 140 cm³/mol. The highest BCUT2D eigenvalue weighted by atomic mass is 32.1. The zero-order valence-electron chi connectivity index (χ0n) is 20.0. The van der Waals surface area contributed by atoms with Gasteiger partial charge in [-0.05, 0) is 55.9 Å². The van der Waals surface area contributed by atoms with Gasteiger partial charge < -0.3 is 9.32 Å². The SMILES string of the molecule is Cc1nc(C2CC2)oc1C(=O)Nc1nc(-c2ccc3c(c2)CCC(=O)N3CCc2ccccc2)cs1. The highest BCUT2D eigenvalue weighted by Gasteiger charge is 2.31. The minimum absolute atomic E-state index is 0.164. The summed E-state index contributed by atoms with van der Waals surface area (Å²) in [6.45, 7) is 2.45. The fourth-order valence-corrected chi connectivity index (χ4v) is 5.32. The van der Waals surface area contributed by atoms with Gasteiger partial charge in [-0.25, -0.2) is 9.97 Å². The summed E-state index contributed by atoms with van der Waals surface area (Å²) in [7, 11) is 0. The number of hydrogen-bond donors (Lipinski definition) is 1. The molecule has 2 aromatic heterocycles. The van der Waals surface area contributed by atoms with E-state index in [4.69, 9.17) is 4.42 Å². The van der Waals surface area contributed by atoms with Gasteiger partial charge in [-0.1, -0.05) is 36.4 Å². The van der Waals surface area contributed by atoms with E-state index in [1.165, 1.54) is 16.9 Å². The molecular formula is C28H26N4O3S. The first-order valence-electron chi connectivity index (χ1n) is 12.3. The van der Waals surface area contributed by atoms with Crippen LogP contribution in [0.15, 0.2) is 58.3 Å². The van der Waals surface area contributed by atoms with E-state index in [2.05, 4.69) is 33.5 Å². The smallest absolute Gasteiger partial charge is 0.295 e. The average molecular weight is 499 g/mol. The minimum atomic E-state index is -0.328. The van der Waals surface area contributed by atoms with Crippen molar-refractivity contribution >= 4 is 34.0 Å². The second kappa shape index (κ2) is 9.35. The Balaban J connectivity index is 1.17. The second-order valence-electron chi connectivity index (χ2n) is 9.36. The van der Waals surface area contributed by atoms with Crippen molar-refractivity contribution < 1.29 is 14.0 Å². The van der Waals surface area contributed by atoms with E-state index in [0.29, 0.717) is 42.0 Å². The molecular weight excluding hydrogens is 472 g/mol. The number of nitrogens with zero attached hydrogens (tertiary/aromatic N) is 3. The molecule has 7 nitrogen and oxygen atoms in total. The second-order valence-corrected chi connectivity index (χ2v) is 10.2. The number of rotatable bonds is 7. The zero-order valence-corrected chi connectivity index (χ0v) is 20.8. The lowest BCUT2D eigenvalue weighted by molar-refractivity contribution is -0.118. The van der Waals surface area contributed by atoms with Crippen molar-refractivity contribution in [3.8, 4) is 11.3 Å². The van der Waals surface area contributed by atoms with E-state index in [-0.39, 0.29) is 17.6 Å². The van der Waals surface area contributed by atoms with Crippen LogP contribution in [0.4, 0.5) is 10.8 Å². The van der Waals surface area contributed by atoms with Gasteiger partial charge in [-0.2, -0.15) is 0 Å². The Kier molecular flexibility index (Phi) is 5.89. The molecule has 2 amide bonds. The fourth-order valence-electron chi connectivity index (χ4n) is 4.60. The Hall–Kier alpha value is -3.78. The van der Waals surface area contributed by atoms with Crippen molar-refractivity contribution in [3.63, 3.8) is 0 Å². The number of thiazole rings is 1. The highest BCUT2D eigenvalue weighted by Crippen LogP contribution is 2.40. The van der Waals surface area contributed by atoms with Gasteiger partial charge in [0.25, 0.3) is 5.91 Å². The first-order chi connectivity index (χ1) is 17.5. The number of oxazole rings is 1. The molecule has 1 aliphatic carbocycles. The van der Waals surface area contributed by atoms with Gasteiger partial charge in [0, 0.05) is 35.5 Å². The maximum atomic E-state index is 12.7. The molecule has 3 heterocycles. The van der Waals surface area contributed by atoms with Crippen LogP contribution in [0.2, 0.25) is 0 Å². The molecule has 2 aromatic carbocycles. The first-order valence-corrected chi connectivity index (χ1v) is 13.1. The molecule has 1 N–H and O–H groups in total. The van der Waals surface area contributed by atoms with Crippen LogP contribution < -0.4 is 10.2 Å². The number of aromatic nitrogens is 2. The van der Waals surface area contributed by atoms with E-state index in [9.17, 15) is 9.59 Å². The number of carbonyl (C=O) groups is 2. The van der Waals surface area contributed by atoms with E-state index in [1.807, 2.05) is 40.6 Å². The first kappa shape index (κ1) is 22.7. The standard InChI is InChI=1S/C28H26N4O3S/c1-17-25(35-27(29-17)19-7-8-19)26(34)31-28-30-22(16-36-28)20-9-11-23-21(15-20)10-12-24(33)32(23)14-13-18-5-3-2-4-6-18/h2-6,9,11,15-16,19H,7-8,10,12-14H2,1H3,(H,30,31,34). The summed E-state index contributed by atoms with van der Waals surface area (Å²) >= 11 is 1.37. The number of aryl methyl sites for hydroxylation is 2. The van der Waals surface area contributed by atoms with E-state index in [0.717, 1.165) is 41.8 Å². The maximum absolute atomic E-state index is 12.7. The lowest BCUT2D eigenvalue weighted by atomic mass is 9.97. The third kappa shape index (κ3) is 4.56. The average Bonchev–Trinajstić information content (AvgIpc) is 3.51. The molecule has 8 heteroatoms. The Morgan fingerprint density at radius 2 is 1.97 bits per heavy atom. The van der Waals surface area contributed by atoms with Crippen molar-refractivity contribution in [3.05, 3.63) is 82.4 Å². The molecule has 6 rings (SSSR count). The molecule has 0 spiro atoms. The minimum Gasteiger partial charge on any atom is -0.435 e. The molecule has 36 heavy (non-hydrogen) atoms. The number of anilines is 2. The molecule has 0 bridgehead atoms. The Morgan fingerprint density at radius 1 is 1.14 bits per heavy atom. The van der Waals surface area contributed by atoms with Crippen molar-refractivity contribution in [1.29, 1.82) is 0 Å². The summed E-state index contributed by atoms with van der Waals surface area (Å²) < 4.78 is 5.71. The lowest BCUT2D eigenvalue weighted by Crippen LogP contribution is -2.36. The van der Waals surface area contributed by atoms with Crippen molar-refractivity contribution in [2.75, 3.05) is 16.8 Å². The molecule has 0 unspecified atom stereocenters. The van der Waals surface area contributed by atoms with Crippen LogP contribution in [-0.2, 0) is 17.6 Å². The van der Waals surface area contributed by atoms with Gasteiger partial charge in [0.15, 0.2) is 11.0 Å². The molecule has 0 atom stereocenters.